The van der Waals surface area contributed by atoms with Gasteiger partial charge in [0.15, 0.2) is 0 Å². The van der Waals surface area contributed by atoms with Crippen molar-refractivity contribution in [3.05, 3.63) is 24.3 Å². The van der Waals surface area contributed by atoms with E-state index in [0.29, 0.717) is 0 Å². The average Bonchev–Trinajstić information content (AvgIpc) is 2.25. The van der Waals surface area contributed by atoms with Gasteiger partial charge in [-0.25, -0.2) is 0 Å². The van der Waals surface area contributed by atoms with Gasteiger partial charge in [0.1, 0.15) is 0 Å². The molecule has 1 aromatic carbocycles. The summed E-state index contributed by atoms with van der Waals surface area (Å²) < 4.78 is 36.8. The Morgan fingerprint density at radius 1 is 1.28 bits per heavy atom. The Hall–Kier alpha value is -1.35. The Bertz CT molecular complexity index is 410. The van der Waals surface area contributed by atoms with Crippen LogP contribution in [0.15, 0.2) is 24.3 Å². The maximum Gasteiger partial charge on any atom is 0.394 e. The van der Waals surface area contributed by atoms with Gasteiger partial charge in [0.05, 0.1) is 6.61 Å². The first kappa shape index (κ1) is 16.6. The van der Waals surface area contributed by atoms with E-state index in [4.69, 9.17) is 28.0 Å². The van der Waals surface area contributed by atoms with Crippen LogP contribution in [0.4, 0.5) is 11.4 Å². The number of ether oxygens (including phenoxy) is 1. The van der Waals surface area contributed by atoms with Gasteiger partial charge in [-0.15, -0.1) is 0 Å². The lowest BCUT2D eigenvalue weighted by atomic mass is 10.3. The van der Waals surface area contributed by atoms with Gasteiger partial charge in [0, 0.05) is 24.5 Å². The van der Waals surface area contributed by atoms with Gasteiger partial charge in [0.2, 0.25) is 0 Å². The number of hydrogen-bond donors (Lipinski definition) is 4. The number of benzene rings is 1. The highest BCUT2D eigenvalue weighted by Gasteiger charge is 1.90. The molecule has 1 aromatic rings. The van der Waals surface area contributed by atoms with Crippen LogP contribution < -0.4 is 11.1 Å². The molecule has 1 rings (SSSR count). The second-order valence-corrected chi connectivity index (χ2v) is 4.09. The third kappa shape index (κ3) is 12.7. The molecule has 0 aliphatic heterocycles. The van der Waals surface area contributed by atoms with Crippen LogP contribution in [0.25, 0.3) is 0 Å². The topological polar surface area (TPSA) is 122 Å². The molecule has 0 aromatic heterocycles. The Morgan fingerprint density at radius 2 is 1.78 bits per heavy atom. The van der Waals surface area contributed by atoms with Crippen LogP contribution >= 0.6 is 0 Å². The van der Waals surface area contributed by atoms with Crippen LogP contribution in [0, 0.1) is 0 Å². The smallest absolute Gasteiger partial charge is 0.394 e. The molecule has 0 unspecified atom stereocenters. The fourth-order valence-electron chi connectivity index (χ4n) is 1.01. The molecule has 8 heteroatoms. The largest absolute Gasteiger partial charge is 0.399 e. The first-order valence-corrected chi connectivity index (χ1v) is 6.59. The Morgan fingerprint density at radius 3 is 2.22 bits per heavy atom. The molecular formula is C10H18N2O5S. The van der Waals surface area contributed by atoms with Gasteiger partial charge in [0.25, 0.3) is 0 Å². The molecule has 7 nitrogen and oxygen atoms in total. The summed E-state index contributed by atoms with van der Waals surface area (Å²) in [5.74, 6) is 0. The number of anilines is 2. The summed E-state index contributed by atoms with van der Waals surface area (Å²) in [7, 11) is -4.67. The fourth-order valence-corrected chi connectivity index (χ4v) is 1.01. The van der Waals surface area contributed by atoms with Crippen LogP contribution in [0.2, 0.25) is 0 Å². The summed E-state index contributed by atoms with van der Waals surface area (Å²) in [6, 6.07) is 7.68. The quantitative estimate of drug-likeness (QED) is 0.361. The van der Waals surface area contributed by atoms with Gasteiger partial charge < -0.3 is 15.8 Å². The van der Waals surface area contributed by atoms with Gasteiger partial charge in [-0.3, -0.25) is 9.11 Å². The molecule has 0 aliphatic carbocycles. The maximum absolute atomic E-state index is 8.74. The van der Waals surface area contributed by atoms with Gasteiger partial charge in [-0.1, -0.05) is 0 Å². The Balaban J connectivity index is 0.000000494. The van der Waals surface area contributed by atoms with Crippen molar-refractivity contribution in [2.24, 2.45) is 0 Å². The number of nitrogens with two attached hydrogens (primary N) is 1. The highest BCUT2D eigenvalue weighted by atomic mass is 32.3. The molecule has 0 amide bonds. The Kier molecular flexibility index (Phi) is 8.05. The third-order valence-electron chi connectivity index (χ3n) is 1.69. The minimum absolute atomic E-state index is 0.737. The summed E-state index contributed by atoms with van der Waals surface area (Å²) in [6.45, 7) is 4.32. The van der Waals surface area contributed by atoms with Crippen molar-refractivity contribution >= 4 is 21.8 Å². The van der Waals surface area contributed by atoms with Crippen molar-refractivity contribution in [3.63, 3.8) is 0 Å². The molecule has 0 heterocycles. The average molecular weight is 278 g/mol. The second-order valence-electron chi connectivity index (χ2n) is 3.19. The van der Waals surface area contributed by atoms with E-state index in [1.165, 1.54) is 0 Å². The van der Waals surface area contributed by atoms with Crippen LogP contribution in [-0.4, -0.2) is 37.3 Å². The van der Waals surface area contributed by atoms with E-state index in [9.17, 15) is 0 Å². The van der Waals surface area contributed by atoms with Gasteiger partial charge in [-0.2, -0.15) is 8.42 Å². The Labute approximate surface area is 107 Å². The van der Waals surface area contributed by atoms with E-state index in [1.807, 2.05) is 31.2 Å². The summed E-state index contributed by atoms with van der Waals surface area (Å²) >= 11 is 0. The SMILES string of the molecule is CCOCCNc1ccc(N)cc1.O=S(=O)(O)O. The summed E-state index contributed by atoms with van der Waals surface area (Å²) in [4.78, 5) is 0. The first-order chi connectivity index (χ1) is 8.33. The zero-order valence-corrected chi connectivity index (χ0v) is 10.9. The van der Waals surface area contributed by atoms with E-state index < -0.39 is 10.4 Å². The molecule has 0 spiro atoms. The summed E-state index contributed by atoms with van der Waals surface area (Å²) in [5.41, 5.74) is 7.42. The van der Waals surface area contributed by atoms with Crippen molar-refractivity contribution in [3.8, 4) is 0 Å². The van der Waals surface area contributed by atoms with Crippen molar-refractivity contribution in [2.45, 2.75) is 6.92 Å². The minimum atomic E-state index is -4.67. The van der Waals surface area contributed by atoms with Crippen molar-refractivity contribution < 1.29 is 22.3 Å². The van der Waals surface area contributed by atoms with Crippen molar-refractivity contribution in [1.29, 1.82) is 0 Å². The molecule has 104 valence electrons. The minimum Gasteiger partial charge on any atom is -0.399 e. The lowest BCUT2D eigenvalue weighted by Gasteiger charge is -2.06. The van der Waals surface area contributed by atoms with Gasteiger partial charge in [-0.05, 0) is 31.2 Å². The number of rotatable bonds is 5. The lowest BCUT2D eigenvalue weighted by molar-refractivity contribution is 0.158. The lowest BCUT2D eigenvalue weighted by Crippen LogP contribution is -2.08. The highest BCUT2D eigenvalue weighted by Crippen LogP contribution is 2.09. The maximum atomic E-state index is 8.74. The summed E-state index contributed by atoms with van der Waals surface area (Å²) in [5, 5.41) is 3.23. The molecule has 0 saturated heterocycles. The number of hydrogen-bond acceptors (Lipinski definition) is 5. The molecule has 0 aliphatic rings. The zero-order chi connectivity index (χ0) is 14.0. The van der Waals surface area contributed by atoms with Crippen LogP contribution in [-0.2, 0) is 15.1 Å². The summed E-state index contributed by atoms with van der Waals surface area (Å²) in [6.07, 6.45) is 0. The molecule has 0 fully saturated rings. The van der Waals surface area contributed by atoms with Crippen molar-refractivity contribution in [1.82, 2.24) is 0 Å². The monoisotopic (exact) mass is 278 g/mol. The van der Waals surface area contributed by atoms with E-state index in [0.717, 1.165) is 31.1 Å². The van der Waals surface area contributed by atoms with Crippen LogP contribution in [0.3, 0.4) is 0 Å². The number of nitrogens with one attached hydrogen (secondary N) is 1. The second kappa shape index (κ2) is 8.70. The first-order valence-electron chi connectivity index (χ1n) is 5.20. The van der Waals surface area contributed by atoms with Crippen LogP contribution in [0.5, 0.6) is 0 Å². The normalized spacial score (nSPS) is 10.4. The molecule has 0 radical (unpaired) electrons. The van der Waals surface area contributed by atoms with Crippen molar-refractivity contribution in [2.75, 3.05) is 30.8 Å². The van der Waals surface area contributed by atoms with Crippen LogP contribution in [0.1, 0.15) is 6.92 Å². The van der Waals surface area contributed by atoms with Gasteiger partial charge >= 0.3 is 10.4 Å². The zero-order valence-electron chi connectivity index (χ0n) is 10.0. The van der Waals surface area contributed by atoms with E-state index in [-0.39, 0.29) is 0 Å². The van der Waals surface area contributed by atoms with E-state index in [2.05, 4.69) is 5.32 Å². The van der Waals surface area contributed by atoms with E-state index in [1.54, 1.807) is 0 Å². The molecule has 0 atom stereocenters. The highest BCUT2D eigenvalue weighted by molar-refractivity contribution is 7.79. The third-order valence-corrected chi connectivity index (χ3v) is 1.69. The molecular weight excluding hydrogens is 260 g/mol. The number of nitrogen functional groups attached to an aromatic ring is 1. The molecule has 5 N–H and O–H groups in total. The predicted molar refractivity (Wildman–Crippen MR) is 70.0 cm³/mol. The predicted octanol–water partition coefficient (Wildman–Crippen LogP) is 1.06. The fraction of sp³-hybridized carbons (Fsp3) is 0.400. The molecule has 0 bridgehead atoms. The molecule has 0 saturated carbocycles. The van der Waals surface area contributed by atoms with E-state index >= 15 is 0 Å². The standard InChI is InChI=1S/C10H16N2O.H2O4S/c1-2-13-8-7-12-10-5-3-9(11)4-6-10;1-5(2,3)4/h3-6,12H,2,7-8,11H2,1H3;(H2,1,2,3,4). The molecule has 18 heavy (non-hydrogen) atoms.